The highest BCUT2D eigenvalue weighted by Gasteiger charge is 2.33. The predicted molar refractivity (Wildman–Crippen MR) is 480 cm³/mol. The number of rotatable bonds is 11. The minimum Gasteiger partial charge on any atom is -0.427 e. The van der Waals surface area contributed by atoms with Gasteiger partial charge in [0.15, 0.2) is 10.9 Å². The molecule has 4 fully saturated rings. The number of hydrogen-bond donors (Lipinski definition) is 2. The molecule has 38 heteroatoms. The first-order valence-corrected chi connectivity index (χ1v) is 47.9. The normalized spacial score (nSPS) is 13.4. The standard InChI is InChI=1S/C9H8Cl2O2.C9H10O2.C8H7N3O2.C8H13NO.C7H7NOS.C6H7NO4.C6H7NO3.C6H7NO.C6H7NS2.C5H12.C4H10O2.C4H8O.C4H12Si.C2H6O3S/c1-5-3-8(11)9(4-7(5)10)13-6(2)12;1-7-3-5-9(6-4-7)11-8(2)10;1-6(12)13-11-8-5-3-2-4-7(8)9-10-11;1-7-3-5-9(6-4-7)8(2)10;1-6(9)10-7-4-2-3-5-8-7;1-4(8)11-7-5(9)2-3-6(7)10;1-4(8)7-5(9)2-3-6(7)10;1-6(8)7-4-2-3-5-7;1-8-9-6-4-2-3-5-7-6;1-5(2,3)4;1-2-4(6)3-5;1-2-4-3-5-4;1-5(2,3)4;1-5-6(2,3)4/h3-4H,1-2H3;3-6H,1-2H3;2-5H,1H3;1,3-6H2,2H3;2-5H,1H3;2-3H2,1H3;2-3H2,1H3;2-5H,1H3;2-5H,1H3;1-4H3;4-6H,2-3H2,1H3;4H,2-3H2,1H3;1-4H3;1-2H3. The molecule has 0 bridgehead atoms. The summed E-state index contributed by atoms with van der Waals surface area (Å²) in [6, 6.07) is 32.8. The van der Waals surface area contributed by atoms with Crippen LogP contribution in [0.5, 0.6) is 11.5 Å². The first-order chi connectivity index (χ1) is 56.7. The number of fused-ring (bicyclic) bond motifs is 1. The Hall–Kier alpha value is -9.34. The molecule has 6 amide bonds. The molecule has 31 nitrogen and oxygen atoms in total. The van der Waals surface area contributed by atoms with Crippen molar-refractivity contribution in [3.8, 4) is 11.5 Å². The van der Waals surface area contributed by atoms with Crippen LogP contribution >= 0.6 is 56.6 Å². The van der Waals surface area contributed by atoms with Crippen LogP contribution in [0.25, 0.3) is 11.0 Å². The number of aliphatic hydroxyl groups excluding tert-OH is 2. The number of aromatic nitrogens is 6. The van der Waals surface area contributed by atoms with Gasteiger partial charge in [-0.25, -0.2) is 24.5 Å². The lowest BCUT2D eigenvalue weighted by atomic mass is 10.0. The fraction of sp³-hybridized carbons (Fsp3) is 0.452. The van der Waals surface area contributed by atoms with E-state index in [9.17, 15) is 66.0 Å². The summed E-state index contributed by atoms with van der Waals surface area (Å²) >= 11 is 12.8. The first-order valence-electron chi connectivity index (χ1n) is 37.9. The Morgan fingerprint density at radius 3 is 1.45 bits per heavy atom. The highest BCUT2D eigenvalue weighted by Crippen LogP contribution is 2.31. The number of carbonyl (C=O) groups is 12. The topological polar surface area (TPSA) is 409 Å². The summed E-state index contributed by atoms with van der Waals surface area (Å²) in [5.41, 5.74) is 5.16. The Bertz CT molecular complexity index is 4390. The zero-order chi connectivity index (χ0) is 94.1. The number of aryl methyl sites for hydroxylation is 2. The van der Waals surface area contributed by atoms with E-state index in [1.54, 1.807) is 83.6 Å². The quantitative estimate of drug-likeness (QED) is 0.0116. The van der Waals surface area contributed by atoms with Crippen LogP contribution in [0.15, 0.2) is 156 Å². The van der Waals surface area contributed by atoms with Gasteiger partial charge in [0, 0.05) is 138 Å². The molecule has 7 aromatic rings. The number of epoxide rings is 1. The van der Waals surface area contributed by atoms with E-state index in [2.05, 4.69) is 96.7 Å². The van der Waals surface area contributed by atoms with Crippen molar-refractivity contribution in [1.29, 1.82) is 0 Å². The van der Waals surface area contributed by atoms with Crippen LogP contribution in [0.4, 0.5) is 0 Å². The van der Waals surface area contributed by atoms with Gasteiger partial charge in [0.05, 0.1) is 43.8 Å². The lowest BCUT2D eigenvalue weighted by molar-refractivity contribution is -0.195. The Balaban J connectivity index is -0.00000126. The summed E-state index contributed by atoms with van der Waals surface area (Å²) < 4.78 is 39.5. The van der Waals surface area contributed by atoms with Crippen molar-refractivity contribution in [2.75, 3.05) is 45.9 Å². The summed E-state index contributed by atoms with van der Waals surface area (Å²) in [5, 5.41) is 27.3. The lowest BCUT2D eigenvalue weighted by Gasteiger charge is -2.26. The number of halogens is 2. The SMILES string of the molecule is C=C1CCN(C(C)=O)CC1.CC(=O)N1C(=O)CCC1=O.CC(=O)ON1C(=O)CCC1=O.CC(=O)Oc1cc(Cl)c(C)cc1Cl.CC(=O)Oc1ccc(C)cc1.CC(=O)On1nnc2ccccc21.CC(=O)Sc1ccccn1.CC(=O)n1cccc1.CC(C)(C)C.CCC(O)CO.CCC1CO1.COS(C)(=O)=O.CSSc1ccccn1.C[Si](C)(C)C. The third kappa shape index (κ3) is 65.4. The maximum absolute atomic E-state index is 10.8. The molecule has 4 saturated heterocycles. The van der Waals surface area contributed by atoms with Crippen molar-refractivity contribution in [2.45, 2.75) is 211 Å². The van der Waals surface area contributed by atoms with Crippen LogP contribution in [-0.4, -0.2) is 200 Å². The number of benzene rings is 3. The summed E-state index contributed by atoms with van der Waals surface area (Å²) in [4.78, 5) is 148. The third-order valence-electron chi connectivity index (χ3n) is 13.3. The van der Waals surface area contributed by atoms with Crippen molar-refractivity contribution in [3.63, 3.8) is 0 Å². The Kier molecular flexibility index (Phi) is 61.7. The number of ether oxygens (including phenoxy) is 3. The molecule has 2 N–H and O–H groups in total. The van der Waals surface area contributed by atoms with Gasteiger partial charge in [0.25, 0.3) is 21.9 Å². The molecular formula is C84H121Cl2N9O22S4Si. The number of para-hydroxylation sites is 1. The highest BCUT2D eigenvalue weighted by atomic mass is 35.5. The average molecular weight is 1840 g/mol. The fourth-order valence-electron chi connectivity index (χ4n) is 7.54. The molecule has 2 atom stereocenters. The second-order valence-electron chi connectivity index (χ2n) is 28.9. The number of nitrogens with zero attached hydrogens (tertiary/aromatic N) is 9. The van der Waals surface area contributed by atoms with Crippen LogP contribution in [0.2, 0.25) is 36.2 Å². The zero-order valence-electron chi connectivity index (χ0n) is 74.0. The minimum absolute atomic E-state index is 0.0509. The third-order valence-corrected chi connectivity index (χ3v) is 16.9. The molecular weight excluding hydrogens is 1710 g/mol. The zero-order valence-corrected chi connectivity index (χ0v) is 79.8. The number of amides is 6. The maximum atomic E-state index is 10.8. The van der Waals surface area contributed by atoms with Crippen LogP contribution in [0, 0.1) is 19.3 Å². The Labute approximate surface area is 740 Å². The molecule has 0 saturated carbocycles. The number of thioether (sulfide) groups is 1. The molecule has 4 aromatic heterocycles. The predicted octanol–water partition coefficient (Wildman–Crippen LogP) is 15.5. The Morgan fingerprint density at radius 2 is 1.11 bits per heavy atom. The molecule has 8 heterocycles. The van der Waals surface area contributed by atoms with Gasteiger partial charge in [-0.1, -0.05) is 161 Å². The van der Waals surface area contributed by atoms with E-state index in [0.29, 0.717) is 60.5 Å². The summed E-state index contributed by atoms with van der Waals surface area (Å²) in [5.74, 6) is -2.78. The molecule has 4 aliphatic heterocycles. The lowest BCUT2D eigenvalue weighted by Crippen LogP contribution is -2.34. The monoisotopic (exact) mass is 1830 g/mol. The van der Waals surface area contributed by atoms with Crippen LogP contribution in [0.3, 0.4) is 0 Å². The largest absolute Gasteiger partial charge is 0.427 e. The number of hydroxylamine groups is 2. The second-order valence-corrected chi connectivity index (χ2v) is 41.1. The summed E-state index contributed by atoms with van der Waals surface area (Å²) in [7, 11) is 0.737. The maximum Gasteiger partial charge on any atom is 0.332 e. The van der Waals surface area contributed by atoms with Crippen LogP contribution in [-0.2, 0) is 76.6 Å². The molecule has 11 rings (SSSR count). The molecule has 0 spiro atoms. The molecule has 0 aliphatic carbocycles. The van der Waals surface area contributed by atoms with Crippen molar-refractivity contribution in [2.24, 2.45) is 5.41 Å². The fourth-order valence-corrected chi connectivity index (χ4v) is 9.72. The van der Waals surface area contributed by atoms with E-state index < -0.39 is 59.9 Å². The number of pyridine rings is 2. The van der Waals surface area contributed by atoms with Gasteiger partial charge in [-0.15, -0.1) is 10.2 Å². The number of likely N-dealkylation sites (tertiary alicyclic amines) is 2. The highest BCUT2D eigenvalue weighted by molar-refractivity contribution is 8.76. The van der Waals surface area contributed by atoms with Gasteiger partial charge in [-0.2, -0.15) is 8.42 Å². The Morgan fingerprint density at radius 1 is 0.648 bits per heavy atom. The number of aliphatic hydroxyl groups is 2. The van der Waals surface area contributed by atoms with E-state index in [-0.39, 0.29) is 67.0 Å². The molecule has 3 aromatic carbocycles. The van der Waals surface area contributed by atoms with Gasteiger partial charge >= 0.3 is 23.9 Å². The van der Waals surface area contributed by atoms with Gasteiger partial charge < -0.3 is 39.0 Å². The van der Waals surface area contributed by atoms with Gasteiger partial charge in [0.2, 0.25) is 29.5 Å². The van der Waals surface area contributed by atoms with Crippen LogP contribution < -0.4 is 14.3 Å². The van der Waals surface area contributed by atoms with E-state index in [1.807, 2.05) is 105 Å². The number of imide groups is 4. The minimum atomic E-state index is -3.16. The first kappa shape index (κ1) is 117. The summed E-state index contributed by atoms with van der Waals surface area (Å²) in [6.07, 6.45) is 14.5. The van der Waals surface area contributed by atoms with Crippen molar-refractivity contribution < 1.29 is 104 Å². The number of piperidine rings is 1. The molecule has 122 heavy (non-hydrogen) atoms. The molecule has 2 unspecified atom stereocenters. The average Bonchev–Trinajstić information content (AvgIpc) is 1.64. The van der Waals surface area contributed by atoms with Gasteiger partial charge in [-0.05, 0) is 151 Å². The van der Waals surface area contributed by atoms with Gasteiger partial charge in [-0.3, -0.25) is 56.7 Å². The number of carbonyl (C=O) groups excluding carboxylic acids is 12. The van der Waals surface area contributed by atoms with E-state index in [0.717, 1.165) is 90.6 Å². The summed E-state index contributed by atoms with van der Waals surface area (Å²) in [6.45, 7) is 43.4. The van der Waals surface area contributed by atoms with Crippen LogP contribution in [0.1, 0.15) is 164 Å². The molecule has 676 valence electrons. The molecule has 0 radical (unpaired) electrons. The van der Waals surface area contributed by atoms with E-state index >= 15 is 0 Å². The van der Waals surface area contributed by atoms with Crippen molar-refractivity contribution in [3.05, 3.63) is 167 Å². The van der Waals surface area contributed by atoms with E-state index in [1.165, 1.54) is 64.2 Å². The van der Waals surface area contributed by atoms with Crippen molar-refractivity contribution >= 4 is 156 Å². The second kappa shape index (κ2) is 64.4. The number of hydrogen-bond acceptors (Lipinski definition) is 29. The molecule has 4 aliphatic rings. The van der Waals surface area contributed by atoms with E-state index in [4.69, 9.17) is 52.5 Å². The van der Waals surface area contributed by atoms with Gasteiger partial charge in [0.1, 0.15) is 26.8 Å². The smallest absolute Gasteiger partial charge is 0.332 e. The number of esters is 2. The van der Waals surface area contributed by atoms with Crippen molar-refractivity contribution in [1.82, 2.24) is 44.6 Å².